The topological polar surface area (TPSA) is 75.9 Å². The fourth-order valence-electron chi connectivity index (χ4n) is 4.25. The molecule has 0 aliphatic carbocycles. The van der Waals surface area contributed by atoms with Gasteiger partial charge in [-0.3, -0.25) is 9.67 Å². The molecule has 5 aromatic rings. The highest BCUT2D eigenvalue weighted by Gasteiger charge is 2.21. The predicted molar refractivity (Wildman–Crippen MR) is 136 cm³/mol. The third kappa shape index (κ3) is 5.00. The number of fused-ring (bicyclic) bond motifs is 1. The molecule has 182 valence electrons. The summed E-state index contributed by atoms with van der Waals surface area (Å²) in [7, 11) is 0. The Morgan fingerprint density at radius 1 is 0.778 bits per heavy atom. The van der Waals surface area contributed by atoms with E-state index in [-0.39, 0.29) is 18.2 Å². The van der Waals surface area contributed by atoms with E-state index in [0.29, 0.717) is 30.9 Å². The van der Waals surface area contributed by atoms with Gasteiger partial charge in [0.05, 0.1) is 12.2 Å². The zero-order valence-corrected chi connectivity index (χ0v) is 19.5. The molecule has 3 heterocycles. The van der Waals surface area contributed by atoms with Gasteiger partial charge in [0.1, 0.15) is 11.6 Å². The maximum Gasteiger partial charge on any atom is 0.182 e. The third-order valence-electron chi connectivity index (χ3n) is 5.96. The second kappa shape index (κ2) is 10.7. The number of rotatable bonds is 9. The summed E-state index contributed by atoms with van der Waals surface area (Å²) in [6.45, 7) is 2.16. The Bertz CT molecular complexity index is 1450. The van der Waals surface area contributed by atoms with Gasteiger partial charge in [-0.1, -0.05) is 12.1 Å². The summed E-state index contributed by atoms with van der Waals surface area (Å²) in [6.07, 6.45) is 6.06. The number of benzene rings is 2. The van der Waals surface area contributed by atoms with Crippen LogP contribution in [-0.2, 0) is 6.54 Å². The van der Waals surface area contributed by atoms with Crippen LogP contribution in [0.1, 0.15) is 6.42 Å². The van der Waals surface area contributed by atoms with Crippen molar-refractivity contribution in [3.63, 3.8) is 0 Å². The number of aromatic nitrogens is 4. The molecule has 0 aliphatic heterocycles. The van der Waals surface area contributed by atoms with Crippen molar-refractivity contribution in [3.05, 3.63) is 90.9 Å². The van der Waals surface area contributed by atoms with Gasteiger partial charge in [-0.15, -0.1) is 0 Å². The molecule has 0 aliphatic rings. The van der Waals surface area contributed by atoms with Crippen LogP contribution in [0.15, 0.2) is 79.3 Å². The molecule has 0 radical (unpaired) electrons. The average molecular weight is 486 g/mol. The Balaban J connectivity index is 1.73. The molecule has 2 N–H and O–H groups in total. The minimum absolute atomic E-state index is 0.146. The normalized spacial score (nSPS) is 11.3. The van der Waals surface area contributed by atoms with E-state index >= 15 is 0 Å². The van der Waals surface area contributed by atoms with Crippen molar-refractivity contribution in [2.75, 3.05) is 19.7 Å². The average Bonchev–Trinajstić information content (AvgIpc) is 3.31. The third-order valence-corrected chi connectivity index (χ3v) is 5.96. The van der Waals surface area contributed by atoms with Crippen molar-refractivity contribution in [3.8, 4) is 33.5 Å². The van der Waals surface area contributed by atoms with Crippen molar-refractivity contribution < 1.29 is 13.9 Å². The Morgan fingerprint density at radius 2 is 1.42 bits per heavy atom. The highest BCUT2D eigenvalue weighted by Crippen LogP contribution is 2.42. The number of nitrogens with zero attached hydrogens (tertiary/aromatic N) is 4. The first-order chi connectivity index (χ1) is 17.6. The molecule has 0 amide bonds. The van der Waals surface area contributed by atoms with Gasteiger partial charge in [0.2, 0.25) is 0 Å². The lowest BCUT2D eigenvalue weighted by atomic mass is 9.90. The largest absolute Gasteiger partial charge is 0.396 e. The molecular weight excluding hydrogens is 460 g/mol. The van der Waals surface area contributed by atoms with E-state index in [1.54, 1.807) is 36.7 Å². The first-order valence-electron chi connectivity index (χ1n) is 11.8. The summed E-state index contributed by atoms with van der Waals surface area (Å²) >= 11 is 0. The SMILES string of the molecule is OCCCNCCn1cc2c(-c3ccc(F)cc3)c(-c3ccncc3)c(-c3ccc(F)cc3)nc2n1. The van der Waals surface area contributed by atoms with E-state index in [9.17, 15) is 8.78 Å². The van der Waals surface area contributed by atoms with Crippen LogP contribution < -0.4 is 5.32 Å². The zero-order chi connectivity index (χ0) is 24.9. The Hall–Kier alpha value is -4.01. The molecule has 0 saturated heterocycles. The molecule has 0 spiro atoms. The molecule has 0 saturated carbocycles. The van der Waals surface area contributed by atoms with Crippen molar-refractivity contribution in [2.45, 2.75) is 13.0 Å². The lowest BCUT2D eigenvalue weighted by Crippen LogP contribution is -2.21. The standard InChI is InChI=1S/C28H25F2N5O/c29-22-6-2-19(3-7-22)25-24-18-35(16-15-31-12-1-17-36)34-28(24)33-27(21-4-8-23(30)9-5-21)26(25)20-10-13-32-14-11-20/h2-11,13-14,18,31,36H,1,12,15-17H2. The summed E-state index contributed by atoms with van der Waals surface area (Å²) in [4.78, 5) is 9.09. The van der Waals surface area contributed by atoms with Gasteiger partial charge < -0.3 is 10.4 Å². The number of halogens is 2. The van der Waals surface area contributed by atoms with Crippen molar-refractivity contribution in [2.24, 2.45) is 0 Å². The molecule has 6 nitrogen and oxygen atoms in total. The van der Waals surface area contributed by atoms with Gasteiger partial charge in [-0.25, -0.2) is 13.8 Å². The summed E-state index contributed by atoms with van der Waals surface area (Å²) in [5.41, 5.74) is 5.35. The molecule has 5 rings (SSSR count). The van der Waals surface area contributed by atoms with Gasteiger partial charge >= 0.3 is 0 Å². The highest BCUT2D eigenvalue weighted by molar-refractivity contribution is 6.05. The number of aliphatic hydroxyl groups excluding tert-OH is 1. The lowest BCUT2D eigenvalue weighted by molar-refractivity contribution is 0.285. The fraction of sp³-hybridized carbons (Fsp3) is 0.179. The van der Waals surface area contributed by atoms with E-state index in [0.717, 1.165) is 39.7 Å². The van der Waals surface area contributed by atoms with Crippen LogP contribution in [0.5, 0.6) is 0 Å². The van der Waals surface area contributed by atoms with Gasteiger partial charge in [0, 0.05) is 53.8 Å². The maximum atomic E-state index is 13.9. The first kappa shape index (κ1) is 23.7. The van der Waals surface area contributed by atoms with Gasteiger partial charge in [0.15, 0.2) is 5.65 Å². The van der Waals surface area contributed by atoms with E-state index in [2.05, 4.69) is 10.3 Å². The molecule has 0 unspecified atom stereocenters. The molecule has 2 aromatic carbocycles. The van der Waals surface area contributed by atoms with E-state index in [4.69, 9.17) is 15.2 Å². The molecule has 36 heavy (non-hydrogen) atoms. The van der Waals surface area contributed by atoms with Crippen LogP contribution in [0.4, 0.5) is 8.78 Å². The van der Waals surface area contributed by atoms with Crippen LogP contribution in [-0.4, -0.2) is 44.6 Å². The first-order valence-corrected chi connectivity index (χ1v) is 11.8. The lowest BCUT2D eigenvalue weighted by Gasteiger charge is -2.16. The monoisotopic (exact) mass is 485 g/mol. The van der Waals surface area contributed by atoms with Crippen molar-refractivity contribution >= 4 is 11.0 Å². The Morgan fingerprint density at radius 3 is 2.08 bits per heavy atom. The van der Waals surface area contributed by atoms with Crippen molar-refractivity contribution in [1.29, 1.82) is 0 Å². The number of aliphatic hydroxyl groups is 1. The predicted octanol–water partition coefficient (Wildman–Crippen LogP) is 5.08. The van der Waals surface area contributed by atoms with E-state index < -0.39 is 0 Å². The number of hydrogen-bond donors (Lipinski definition) is 2. The summed E-state index contributed by atoms with van der Waals surface area (Å²) < 4.78 is 29.5. The summed E-state index contributed by atoms with van der Waals surface area (Å²) in [5, 5.41) is 17.8. The van der Waals surface area contributed by atoms with Gasteiger partial charge in [0.25, 0.3) is 0 Å². The molecule has 8 heteroatoms. The molecule has 0 bridgehead atoms. The molecular formula is C28H25F2N5O. The van der Waals surface area contributed by atoms with Crippen LogP contribution in [0.25, 0.3) is 44.5 Å². The Kier molecular flexibility index (Phi) is 7.06. The van der Waals surface area contributed by atoms with Crippen molar-refractivity contribution in [1.82, 2.24) is 25.1 Å². The van der Waals surface area contributed by atoms with Gasteiger partial charge in [-0.05, 0) is 72.6 Å². The minimum Gasteiger partial charge on any atom is -0.396 e. The van der Waals surface area contributed by atoms with E-state index in [1.165, 1.54) is 24.3 Å². The Labute approximate surface area is 207 Å². The highest BCUT2D eigenvalue weighted by atomic mass is 19.1. The zero-order valence-electron chi connectivity index (χ0n) is 19.5. The van der Waals surface area contributed by atoms with Gasteiger partial charge in [-0.2, -0.15) is 5.10 Å². The fourth-order valence-corrected chi connectivity index (χ4v) is 4.25. The minimum atomic E-state index is -0.331. The summed E-state index contributed by atoms with van der Waals surface area (Å²) in [5.74, 6) is -0.653. The van der Waals surface area contributed by atoms with Crippen LogP contribution in [0, 0.1) is 11.6 Å². The quantitative estimate of drug-likeness (QED) is 0.285. The summed E-state index contributed by atoms with van der Waals surface area (Å²) in [6, 6.07) is 16.4. The van der Waals surface area contributed by atoms with Crippen LogP contribution in [0.2, 0.25) is 0 Å². The molecule has 3 aromatic heterocycles. The van der Waals surface area contributed by atoms with Crippen LogP contribution in [0.3, 0.4) is 0 Å². The number of nitrogens with one attached hydrogen (secondary N) is 1. The second-order valence-electron chi connectivity index (χ2n) is 8.42. The van der Waals surface area contributed by atoms with Crippen LogP contribution >= 0.6 is 0 Å². The number of hydrogen-bond acceptors (Lipinski definition) is 5. The smallest absolute Gasteiger partial charge is 0.182 e. The molecule has 0 fully saturated rings. The molecule has 0 atom stereocenters. The maximum absolute atomic E-state index is 13.9. The van der Waals surface area contributed by atoms with E-state index in [1.807, 2.05) is 23.0 Å². The number of pyridine rings is 2. The second-order valence-corrected chi connectivity index (χ2v) is 8.42.